The van der Waals surface area contributed by atoms with Crippen molar-refractivity contribution in [1.29, 1.82) is 0 Å². The lowest BCUT2D eigenvalue weighted by Crippen LogP contribution is -2.04. The first-order valence-corrected chi connectivity index (χ1v) is 8.69. The average Bonchev–Trinajstić information content (AvgIpc) is 3.11. The van der Waals surface area contributed by atoms with Crippen LogP contribution in [0.4, 0.5) is 5.82 Å². The van der Waals surface area contributed by atoms with E-state index in [1.807, 2.05) is 22.9 Å². The van der Waals surface area contributed by atoms with Crippen LogP contribution in [0.3, 0.4) is 0 Å². The number of halogens is 2. The van der Waals surface area contributed by atoms with Crippen molar-refractivity contribution in [2.45, 2.75) is 6.42 Å². The summed E-state index contributed by atoms with van der Waals surface area (Å²) in [7, 11) is 0. The van der Waals surface area contributed by atoms with Gasteiger partial charge < -0.3 is 5.32 Å². The van der Waals surface area contributed by atoms with Gasteiger partial charge in [0, 0.05) is 26.6 Å². The Morgan fingerprint density at radius 3 is 2.55 bits per heavy atom. The van der Waals surface area contributed by atoms with Crippen molar-refractivity contribution in [3.8, 4) is 16.9 Å². The fraction of sp³-hybridized carbons (Fsp3) is 0.118. The molecule has 1 N–H and O–H groups in total. The summed E-state index contributed by atoms with van der Waals surface area (Å²) in [6.45, 7) is 0.959. The van der Waals surface area contributed by atoms with Crippen molar-refractivity contribution >= 4 is 37.7 Å². The monoisotopic (exact) mass is 417 g/mol. The first-order chi connectivity index (χ1) is 10.7. The largest absolute Gasteiger partial charge is 0.369 e. The van der Waals surface area contributed by atoms with E-state index >= 15 is 0 Å². The standard InChI is InChI=1S/C17H13Br2N3/c18-12-7-5-11(6-8-12)16-13-9-10-20-17(13)22(21-16)15-4-2-1-3-14(15)19/h1-8,20H,9-10H2. The second kappa shape index (κ2) is 5.56. The molecule has 1 aromatic heterocycles. The van der Waals surface area contributed by atoms with Crippen LogP contribution in [0, 0.1) is 0 Å². The number of fused-ring (bicyclic) bond motifs is 1. The minimum Gasteiger partial charge on any atom is -0.369 e. The van der Waals surface area contributed by atoms with Crippen LogP contribution in [0.15, 0.2) is 57.5 Å². The van der Waals surface area contributed by atoms with Gasteiger partial charge in [0.25, 0.3) is 0 Å². The molecule has 3 nitrogen and oxygen atoms in total. The average molecular weight is 419 g/mol. The maximum Gasteiger partial charge on any atom is 0.133 e. The number of nitrogens with one attached hydrogen (secondary N) is 1. The van der Waals surface area contributed by atoms with E-state index in [2.05, 4.69) is 67.5 Å². The molecular weight excluding hydrogens is 406 g/mol. The molecule has 2 heterocycles. The van der Waals surface area contributed by atoms with E-state index in [1.54, 1.807) is 0 Å². The molecule has 0 aliphatic carbocycles. The van der Waals surface area contributed by atoms with Gasteiger partial charge in [-0.25, -0.2) is 4.68 Å². The maximum absolute atomic E-state index is 4.87. The molecule has 1 aliphatic rings. The zero-order valence-corrected chi connectivity index (χ0v) is 14.9. The van der Waals surface area contributed by atoms with Gasteiger partial charge in [-0.05, 0) is 46.6 Å². The maximum atomic E-state index is 4.87. The lowest BCUT2D eigenvalue weighted by atomic mass is 10.1. The summed E-state index contributed by atoms with van der Waals surface area (Å²) in [6.07, 6.45) is 1.01. The molecule has 0 radical (unpaired) electrons. The summed E-state index contributed by atoms with van der Waals surface area (Å²) in [5, 5.41) is 8.34. The Bertz CT molecular complexity index is 838. The molecule has 0 unspecified atom stereocenters. The molecule has 0 atom stereocenters. The zero-order chi connectivity index (χ0) is 15.1. The Balaban J connectivity index is 1.90. The summed E-state index contributed by atoms with van der Waals surface area (Å²) in [4.78, 5) is 0. The molecule has 1 aliphatic heterocycles. The van der Waals surface area contributed by atoms with Crippen LogP contribution in [-0.2, 0) is 6.42 Å². The third-order valence-electron chi connectivity index (χ3n) is 3.85. The van der Waals surface area contributed by atoms with Gasteiger partial charge in [0.05, 0.1) is 11.4 Å². The molecular formula is C17H13Br2N3. The third-order valence-corrected chi connectivity index (χ3v) is 5.05. The minimum atomic E-state index is 0.959. The van der Waals surface area contributed by atoms with Gasteiger partial charge >= 0.3 is 0 Å². The van der Waals surface area contributed by atoms with Gasteiger partial charge in [0.2, 0.25) is 0 Å². The SMILES string of the molecule is Brc1ccc(-c2nn(-c3ccccc3Br)c3c2CCN3)cc1. The zero-order valence-electron chi connectivity index (χ0n) is 11.7. The number of nitrogens with zero attached hydrogens (tertiary/aromatic N) is 2. The molecule has 2 aromatic carbocycles. The van der Waals surface area contributed by atoms with E-state index in [0.717, 1.165) is 44.7 Å². The van der Waals surface area contributed by atoms with Gasteiger partial charge in [-0.3, -0.25) is 0 Å². The topological polar surface area (TPSA) is 29.9 Å². The molecule has 0 amide bonds. The number of para-hydroxylation sites is 1. The molecule has 0 saturated carbocycles. The van der Waals surface area contributed by atoms with E-state index in [-0.39, 0.29) is 0 Å². The van der Waals surface area contributed by atoms with Crippen LogP contribution in [0.2, 0.25) is 0 Å². The lowest BCUT2D eigenvalue weighted by molar-refractivity contribution is 0.878. The number of benzene rings is 2. The second-order valence-corrected chi connectivity index (χ2v) is 6.99. The Morgan fingerprint density at radius 2 is 1.77 bits per heavy atom. The summed E-state index contributed by atoms with van der Waals surface area (Å²) in [6, 6.07) is 16.5. The molecule has 22 heavy (non-hydrogen) atoms. The molecule has 0 spiro atoms. The fourth-order valence-electron chi connectivity index (χ4n) is 2.81. The fourth-order valence-corrected chi connectivity index (χ4v) is 3.53. The number of anilines is 1. The van der Waals surface area contributed by atoms with Crippen molar-refractivity contribution in [2.24, 2.45) is 0 Å². The summed E-state index contributed by atoms with van der Waals surface area (Å²) < 4.78 is 4.12. The number of hydrogen-bond donors (Lipinski definition) is 1. The van der Waals surface area contributed by atoms with Crippen LogP contribution < -0.4 is 5.32 Å². The van der Waals surface area contributed by atoms with Gasteiger partial charge in [0.15, 0.2) is 0 Å². The Morgan fingerprint density at radius 1 is 1.00 bits per heavy atom. The van der Waals surface area contributed by atoms with Gasteiger partial charge in [-0.1, -0.05) is 40.2 Å². The first-order valence-electron chi connectivity index (χ1n) is 7.10. The predicted octanol–water partition coefficient (Wildman–Crippen LogP) is 5.03. The molecule has 5 heteroatoms. The second-order valence-electron chi connectivity index (χ2n) is 5.22. The van der Waals surface area contributed by atoms with Crippen molar-refractivity contribution in [1.82, 2.24) is 9.78 Å². The Hall–Kier alpha value is -1.59. The highest BCUT2D eigenvalue weighted by Gasteiger charge is 2.24. The van der Waals surface area contributed by atoms with Crippen molar-refractivity contribution < 1.29 is 0 Å². The van der Waals surface area contributed by atoms with Gasteiger partial charge in [-0.2, -0.15) is 5.10 Å². The van der Waals surface area contributed by atoms with Gasteiger partial charge in [-0.15, -0.1) is 0 Å². The van der Waals surface area contributed by atoms with Gasteiger partial charge in [0.1, 0.15) is 5.82 Å². The molecule has 110 valence electrons. The quantitative estimate of drug-likeness (QED) is 0.632. The van der Waals surface area contributed by atoms with Crippen molar-refractivity contribution in [2.75, 3.05) is 11.9 Å². The van der Waals surface area contributed by atoms with E-state index in [0.29, 0.717) is 0 Å². The minimum absolute atomic E-state index is 0.959. The third kappa shape index (κ3) is 2.29. The highest BCUT2D eigenvalue weighted by atomic mass is 79.9. The van der Waals surface area contributed by atoms with Crippen LogP contribution in [0.1, 0.15) is 5.56 Å². The predicted molar refractivity (Wildman–Crippen MR) is 96.6 cm³/mol. The Labute approximate surface area is 145 Å². The number of aromatic nitrogens is 2. The molecule has 0 bridgehead atoms. The molecule has 3 aromatic rings. The summed E-state index contributed by atoms with van der Waals surface area (Å²) in [5.74, 6) is 1.10. The summed E-state index contributed by atoms with van der Waals surface area (Å²) >= 11 is 7.11. The molecule has 0 saturated heterocycles. The van der Waals surface area contributed by atoms with Crippen LogP contribution in [-0.4, -0.2) is 16.3 Å². The number of hydrogen-bond acceptors (Lipinski definition) is 2. The van der Waals surface area contributed by atoms with Crippen molar-refractivity contribution in [3.63, 3.8) is 0 Å². The van der Waals surface area contributed by atoms with Crippen LogP contribution in [0.5, 0.6) is 0 Å². The lowest BCUT2D eigenvalue weighted by Gasteiger charge is -2.08. The number of rotatable bonds is 2. The van der Waals surface area contributed by atoms with E-state index in [9.17, 15) is 0 Å². The molecule has 0 fully saturated rings. The normalized spacial score (nSPS) is 13.0. The summed E-state index contributed by atoms with van der Waals surface area (Å²) in [5.41, 5.74) is 4.55. The highest BCUT2D eigenvalue weighted by Crippen LogP contribution is 2.36. The van der Waals surface area contributed by atoms with E-state index < -0.39 is 0 Å². The van der Waals surface area contributed by atoms with Crippen LogP contribution in [0.25, 0.3) is 16.9 Å². The Kier molecular flexibility index (Phi) is 3.54. The first kappa shape index (κ1) is 14.0. The highest BCUT2D eigenvalue weighted by molar-refractivity contribution is 9.10. The molecule has 4 rings (SSSR count). The van der Waals surface area contributed by atoms with Crippen LogP contribution >= 0.6 is 31.9 Å². The van der Waals surface area contributed by atoms with E-state index in [1.165, 1.54) is 5.56 Å². The van der Waals surface area contributed by atoms with E-state index in [4.69, 9.17) is 5.10 Å². The smallest absolute Gasteiger partial charge is 0.133 e. The van der Waals surface area contributed by atoms with Crippen molar-refractivity contribution in [3.05, 3.63) is 63.0 Å².